The maximum absolute atomic E-state index is 13.9. The highest BCUT2D eigenvalue weighted by Crippen LogP contribution is 2.18. The normalized spacial score (nSPS) is 12.4. The predicted octanol–water partition coefficient (Wildman–Crippen LogP) is 3.90. The number of halogens is 2. The highest BCUT2D eigenvalue weighted by molar-refractivity contribution is 9.10. The van der Waals surface area contributed by atoms with E-state index in [9.17, 15) is 4.39 Å². The third-order valence-corrected chi connectivity index (χ3v) is 4.07. The molecule has 0 spiro atoms. The van der Waals surface area contributed by atoms with E-state index in [4.69, 9.17) is 5.84 Å². The van der Waals surface area contributed by atoms with Crippen LogP contribution in [0.4, 0.5) is 4.39 Å². The summed E-state index contributed by atoms with van der Waals surface area (Å²) in [5.74, 6) is 5.42. The number of hydrazine groups is 1. The van der Waals surface area contributed by atoms with Crippen LogP contribution in [0.1, 0.15) is 23.1 Å². The molecule has 0 saturated heterocycles. The first-order valence-corrected chi connectivity index (χ1v) is 7.83. The Kier molecular flexibility index (Phi) is 5.91. The van der Waals surface area contributed by atoms with Gasteiger partial charge in [0.15, 0.2) is 0 Å². The Labute approximate surface area is 133 Å². The van der Waals surface area contributed by atoms with Gasteiger partial charge in [-0.1, -0.05) is 51.8 Å². The lowest BCUT2D eigenvalue weighted by atomic mass is 9.98. The van der Waals surface area contributed by atoms with Crippen LogP contribution in [0.25, 0.3) is 0 Å². The molecule has 0 aliphatic rings. The van der Waals surface area contributed by atoms with Crippen molar-refractivity contribution in [1.29, 1.82) is 0 Å². The maximum Gasteiger partial charge on any atom is 0.127 e. The molecule has 1 unspecified atom stereocenters. The second kappa shape index (κ2) is 7.69. The minimum atomic E-state index is -0.194. The van der Waals surface area contributed by atoms with Gasteiger partial charge >= 0.3 is 0 Å². The second-order valence-electron chi connectivity index (χ2n) is 5.33. The zero-order chi connectivity index (χ0) is 15.2. The van der Waals surface area contributed by atoms with Crippen molar-refractivity contribution in [3.63, 3.8) is 0 Å². The number of hydrogen-bond acceptors (Lipinski definition) is 2. The van der Waals surface area contributed by atoms with E-state index >= 15 is 0 Å². The van der Waals surface area contributed by atoms with Crippen LogP contribution in [0.2, 0.25) is 0 Å². The Bertz CT molecular complexity index is 601. The summed E-state index contributed by atoms with van der Waals surface area (Å²) in [6.07, 6.45) is 2.38. The summed E-state index contributed by atoms with van der Waals surface area (Å²) in [6, 6.07) is 13.6. The molecule has 1 atom stereocenters. The molecule has 2 rings (SSSR count). The van der Waals surface area contributed by atoms with Gasteiger partial charge in [0.1, 0.15) is 5.82 Å². The molecule has 2 aromatic carbocycles. The summed E-state index contributed by atoms with van der Waals surface area (Å²) < 4.78 is 14.6. The fourth-order valence-electron chi connectivity index (χ4n) is 2.41. The second-order valence-corrected chi connectivity index (χ2v) is 6.25. The Balaban J connectivity index is 1.97. The third-order valence-electron chi connectivity index (χ3n) is 3.58. The predicted molar refractivity (Wildman–Crippen MR) is 88.4 cm³/mol. The van der Waals surface area contributed by atoms with Gasteiger partial charge in [0.05, 0.1) is 0 Å². The van der Waals surface area contributed by atoms with Crippen molar-refractivity contribution >= 4 is 15.9 Å². The lowest BCUT2D eigenvalue weighted by Gasteiger charge is -2.16. The van der Waals surface area contributed by atoms with Crippen molar-refractivity contribution in [1.82, 2.24) is 5.43 Å². The van der Waals surface area contributed by atoms with Gasteiger partial charge in [-0.3, -0.25) is 11.3 Å². The average molecular weight is 351 g/mol. The van der Waals surface area contributed by atoms with Crippen molar-refractivity contribution in [2.24, 2.45) is 5.84 Å². The van der Waals surface area contributed by atoms with E-state index in [2.05, 4.69) is 52.5 Å². The topological polar surface area (TPSA) is 38.0 Å². The molecule has 0 aliphatic heterocycles. The van der Waals surface area contributed by atoms with Gasteiger partial charge in [-0.15, -0.1) is 0 Å². The van der Waals surface area contributed by atoms with Crippen LogP contribution >= 0.6 is 15.9 Å². The molecule has 0 amide bonds. The van der Waals surface area contributed by atoms with E-state index in [1.54, 1.807) is 6.07 Å². The summed E-state index contributed by atoms with van der Waals surface area (Å²) in [5, 5.41) is 0. The zero-order valence-corrected chi connectivity index (χ0v) is 13.7. The molecular weight excluding hydrogens is 331 g/mol. The number of hydrogen-bond donors (Lipinski definition) is 2. The van der Waals surface area contributed by atoms with E-state index in [1.165, 1.54) is 17.2 Å². The molecule has 3 N–H and O–H groups in total. The minimum absolute atomic E-state index is 0.0567. The Hall–Kier alpha value is -1.23. The molecule has 0 saturated carbocycles. The zero-order valence-electron chi connectivity index (χ0n) is 12.1. The largest absolute Gasteiger partial charge is 0.271 e. The molecule has 112 valence electrons. The lowest BCUT2D eigenvalue weighted by molar-refractivity contribution is 0.480. The van der Waals surface area contributed by atoms with Gasteiger partial charge < -0.3 is 0 Å². The minimum Gasteiger partial charge on any atom is -0.271 e. The van der Waals surface area contributed by atoms with Gasteiger partial charge in [0, 0.05) is 10.5 Å². The Morgan fingerprint density at radius 2 is 2.05 bits per heavy atom. The van der Waals surface area contributed by atoms with Gasteiger partial charge in [0.2, 0.25) is 0 Å². The first-order valence-electron chi connectivity index (χ1n) is 7.04. The SMILES string of the molecule is Cc1cccc(CCC(Cc2ccc(Br)cc2F)NN)c1. The molecule has 2 aromatic rings. The summed E-state index contributed by atoms with van der Waals surface area (Å²) in [5.41, 5.74) is 6.02. The van der Waals surface area contributed by atoms with Crippen LogP contribution in [-0.2, 0) is 12.8 Å². The number of benzene rings is 2. The summed E-state index contributed by atoms with van der Waals surface area (Å²) in [7, 11) is 0. The molecule has 2 nitrogen and oxygen atoms in total. The van der Waals surface area contributed by atoms with Crippen LogP contribution in [-0.4, -0.2) is 6.04 Å². The quantitative estimate of drug-likeness (QED) is 0.612. The van der Waals surface area contributed by atoms with Crippen molar-refractivity contribution in [2.45, 2.75) is 32.2 Å². The Morgan fingerprint density at radius 1 is 1.24 bits per heavy atom. The van der Waals surface area contributed by atoms with Crippen molar-refractivity contribution in [3.8, 4) is 0 Å². The van der Waals surface area contributed by atoms with E-state index in [-0.39, 0.29) is 11.9 Å². The standard InChI is InChI=1S/C17H20BrFN2/c1-12-3-2-4-13(9-12)5-8-16(21-20)10-14-6-7-15(18)11-17(14)19/h2-4,6-7,9,11,16,21H,5,8,10,20H2,1H3. The first kappa shape index (κ1) is 16.1. The molecule has 0 radical (unpaired) electrons. The van der Waals surface area contributed by atoms with Gasteiger partial charge in [0.25, 0.3) is 0 Å². The molecule has 0 aliphatic carbocycles. The number of nitrogens with two attached hydrogens (primary N) is 1. The first-order chi connectivity index (χ1) is 10.1. The number of nitrogens with one attached hydrogen (secondary N) is 1. The summed E-state index contributed by atoms with van der Waals surface area (Å²) in [4.78, 5) is 0. The lowest BCUT2D eigenvalue weighted by Crippen LogP contribution is -2.37. The van der Waals surface area contributed by atoms with Crippen LogP contribution in [0.3, 0.4) is 0 Å². The summed E-state index contributed by atoms with van der Waals surface area (Å²) in [6.45, 7) is 2.08. The van der Waals surface area contributed by atoms with Gasteiger partial charge in [-0.05, 0) is 49.4 Å². The van der Waals surface area contributed by atoms with Gasteiger partial charge in [-0.25, -0.2) is 4.39 Å². The molecule has 21 heavy (non-hydrogen) atoms. The molecule has 0 fully saturated rings. The molecule has 0 heterocycles. The van der Waals surface area contributed by atoms with E-state index < -0.39 is 0 Å². The maximum atomic E-state index is 13.9. The molecule has 0 aromatic heterocycles. The van der Waals surface area contributed by atoms with Crippen molar-refractivity contribution in [3.05, 3.63) is 69.4 Å². The Morgan fingerprint density at radius 3 is 2.71 bits per heavy atom. The fourth-order valence-corrected chi connectivity index (χ4v) is 2.74. The molecule has 4 heteroatoms. The third kappa shape index (κ3) is 4.92. The van der Waals surface area contributed by atoms with Crippen molar-refractivity contribution in [2.75, 3.05) is 0 Å². The molecular formula is C17H20BrFN2. The highest BCUT2D eigenvalue weighted by Gasteiger charge is 2.11. The van der Waals surface area contributed by atoms with Gasteiger partial charge in [-0.2, -0.15) is 0 Å². The van der Waals surface area contributed by atoms with Crippen LogP contribution < -0.4 is 11.3 Å². The number of rotatable bonds is 6. The number of aryl methyl sites for hydroxylation is 2. The fraction of sp³-hybridized carbons (Fsp3) is 0.294. The van der Waals surface area contributed by atoms with Crippen molar-refractivity contribution < 1.29 is 4.39 Å². The monoisotopic (exact) mass is 350 g/mol. The van der Waals surface area contributed by atoms with E-state index in [0.29, 0.717) is 12.0 Å². The highest BCUT2D eigenvalue weighted by atomic mass is 79.9. The van der Waals surface area contributed by atoms with E-state index in [0.717, 1.165) is 17.3 Å². The van der Waals surface area contributed by atoms with Crippen LogP contribution in [0.5, 0.6) is 0 Å². The van der Waals surface area contributed by atoms with E-state index in [1.807, 2.05) is 6.07 Å². The van der Waals surface area contributed by atoms with Crippen LogP contribution in [0.15, 0.2) is 46.9 Å². The smallest absolute Gasteiger partial charge is 0.127 e. The van der Waals surface area contributed by atoms with Crippen LogP contribution in [0, 0.1) is 12.7 Å². The molecule has 0 bridgehead atoms. The average Bonchev–Trinajstić information content (AvgIpc) is 2.45. The summed E-state index contributed by atoms with van der Waals surface area (Å²) >= 11 is 3.27.